The number of hydrogen-bond donors (Lipinski definition) is 3. The smallest absolute Gasteiger partial charge is 0.272 e. The van der Waals surface area contributed by atoms with Gasteiger partial charge in [-0.3, -0.25) is 33.6 Å². The Balaban J connectivity index is 0.000000131. The van der Waals surface area contributed by atoms with Gasteiger partial charge >= 0.3 is 0 Å². The molecule has 103 heavy (non-hydrogen) atoms. The quantitative estimate of drug-likeness (QED) is 0.110. The number of piperidine rings is 2. The Morgan fingerprint density at radius 3 is 1.10 bits per heavy atom. The summed E-state index contributed by atoms with van der Waals surface area (Å²) in [6.07, 6.45) is 13.1. The van der Waals surface area contributed by atoms with Gasteiger partial charge in [0, 0.05) is 129 Å². The highest BCUT2D eigenvalue weighted by atomic mass is 19.1. The van der Waals surface area contributed by atoms with Crippen molar-refractivity contribution in [1.82, 2.24) is 50.2 Å². The number of nitrogens with one attached hydrogen (secondary N) is 3. The Morgan fingerprint density at radius 1 is 0.417 bits per heavy atom. The molecule has 7 fully saturated rings. The molecule has 3 spiro atoms. The molecule has 5 aliphatic heterocycles. The van der Waals surface area contributed by atoms with Gasteiger partial charge in [-0.2, -0.15) is 15.3 Å². The van der Waals surface area contributed by atoms with Crippen LogP contribution in [0.25, 0.3) is 32.3 Å². The molecule has 7 aliphatic rings. The molecule has 0 atom stereocenters. The molecular weight excluding hydrogens is 1310 g/mol. The average molecular weight is 1390 g/mol. The van der Waals surface area contributed by atoms with Crippen molar-refractivity contribution >= 4 is 61.6 Å². The van der Waals surface area contributed by atoms with Gasteiger partial charge < -0.3 is 24.5 Å². The number of benzene rings is 7. The molecule has 17 rings (SSSR count). The first-order chi connectivity index (χ1) is 49.4. The van der Waals surface area contributed by atoms with Crippen molar-refractivity contribution in [3.8, 4) is 0 Å². The lowest BCUT2D eigenvalue weighted by atomic mass is 9.68. The van der Waals surface area contributed by atoms with Gasteiger partial charge in [-0.15, -0.1) is 0 Å². The highest BCUT2D eigenvalue weighted by molar-refractivity contribution is 5.97. The summed E-state index contributed by atoms with van der Waals surface area (Å²) in [6.45, 7) is 9.55. The lowest BCUT2D eigenvalue weighted by Crippen LogP contribution is -2.62. The fraction of sp³-hybridized carbons (Fsp3) is 0.366. The second kappa shape index (κ2) is 28.7. The molecule has 2 saturated carbocycles. The summed E-state index contributed by atoms with van der Waals surface area (Å²) in [4.78, 5) is 97.5. The maximum absolute atomic E-state index is 14.8. The van der Waals surface area contributed by atoms with Crippen molar-refractivity contribution in [2.45, 2.75) is 104 Å². The van der Waals surface area contributed by atoms with Crippen LogP contribution in [0.3, 0.4) is 0 Å². The molecule has 0 bridgehead atoms. The second-order valence-electron chi connectivity index (χ2n) is 29.6. The first kappa shape index (κ1) is 69.5. The minimum atomic E-state index is -0.538. The van der Waals surface area contributed by atoms with E-state index in [-0.39, 0.29) is 86.6 Å². The number of amides is 4. The molecule has 2 aliphatic carbocycles. The Morgan fingerprint density at radius 2 is 0.748 bits per heavy atom. The van der Waals surface area contributed by atoms with Crippen LogP contribution >= 0.6 is 0 Å². The third kappa shape index (κ3) is 14.4. The van der Waals surface area contributed by atoms with Crippen molar-refractivity contribution in [3.63, 3.8) is 0 Å². The van der Waals surface area contributed by atoms with E-state index in [1.807, 2.05) is 53.4 Å². The first-order valence-electron chi connectivity index (χ1n) is 35.6. The number of H-pyrrole nitrogens is 3. The molecule has 3 N–H and O–H groups in total. The summed E-state index contributed by atoms with van der Waals surface area (Å²) in [6, 6.07) is 44.3. The lowest BCUT2D eigenvalue weighted by Gasteiger charge is -2.54. The maximum atomic E-state index is 14.8. The SMILES string of the molecule is C.Cc1ccc(N2CCC3(CC2)CN(C(=O)c2cc(Cc4n[nH]c(=O)c5ccccc45)ccc2F)C3)cc1.O=C(c1cc(Cc2n[nH]c(=O)c3ccccc23)ccc1F)N1CC2(CCCCC2)C1.O=C(c1cc(Cc2n[nH]c(=O)c3ccccc23)ccc1F)N1CC2(CCN(C(=O)C3CC3)CC2)C1. The molecule has 4 amide bonds. The van der Waals surface area contributed by atoms with Crippen LogP contribution in [0.1, 0.15) is 148 Å². The normalized spacial score (nSPS) is 17.7. The van der Waals surface area contributed by atoms with E-state index in [2.05, 4.69) is 66.7 Å². The molecule has 0 radical (unpaired) electrons. The Bertz CT molecular complexity index is 5080. The number of rotatable bonds is 11. The fourth-order valence-electron chi connectivity index (χ4n) is 16.3. The predicted molar refractivity (Wildman–Crippen MR) is 391 cm³/mol. The number of carbonyl (C=O) groups is 4. The zero-order chi connectivity index (χ0) is 70.4. The number of aromatic amines is 3. The summed E-state index contributed by atoms with van der Waals surface area (Å²) < 4.78 is 44.0. The summed E-state index contributed by atoms with van der Waals surface area (Å²) in [5, 5.41) is 24.1. The predicted octanol–water partition coefficient (Wildman–Crippen LogP) is 12.5. The van der Waals surface area contributed by atoms with Gasteiger partial charge in [-0.1, -0.05) is 117 Å². The summed E-state index contributed by atoms with van der Waals surface area (Å²) in [7, 11) is 0. The van der Waals surface area contributed by atoms with Gasteiger partial charge in [0.2, 0.25) is 5.91 Å². The molecular formula is C82H84F3N11O7. The largest absolute Gasteiger partial charge is 0.371 e. The van der Waals surface area contributed by atoms with Crippen LogP contribution in [0.2, 0.25) is 0 Å². The molecule has 8 heterocycles. The molecule has 21 heteroatoms. The van der Waals surface area contributed by atoms with E-state index in [0.717, 1.165) is 111 Å². The van der Waals surface area contributed by atoms with Crippen molar-refractivity contribution in [2.75, 3.05) is 70.3 Å². The van der Waals surface area contributed by atoms with E-state index in [9.17, 15) is 46.7 Å². The Hall–Kier alpha value is -10.6. The highest BCUT2D eigenvalue weighted by Crippen LogP contribution is 2.46. The maximum Gasteiger partial charge on any atom is 0.272 e. The fourth-order valence-corrected chi connectivity index (χ4v) is 16.3. The third-order valence-corrected chi connectivity index (χ3v) is 22.4. The van der Waals surface area contributed by atoms with Crippen LogP contribution in [0.5, 0.6) is 0 Å². The van der Waals surface area contributed by atoms with Gasteiger partial charge in [0.05, 0.1) is 49.9 Å². The zero-order valence-electron chi connectivity index (χ0n) is 57.1. The number of fused-ring (bicyclic) bond motifs is 3. The summed E-state index contributed by atoms with van der Waals surface area (Å²) in [5.41, 5.74) is 6.84. The van der Waals surface area contributed by atoms with Gasteiger partial charge in [-0.25, -0.2) is 28.5 Å². The van der Waals surface area contributed by atoms with Crippen LogP contribution in [-0.2, 0) is 24.1 Å². The Kier molecular flexibility index (Phi) is 19.4. The molecule has 5 saturated heterocycles. The van der Waals surface area contributed by atoms with Crippen LogP contribution in [0.4, 0.5) is 18.9 Å². The molecule has 18 nitrogen and oxygen atoms in total. The number of aryl methyl sites for hydroxylation is 1. The van der Waals surface area contributed by atoms with Crippen molar-refractivity contribution in [3.05, 3.63) is 256 Å². The lowest BCUT2D eigenvalue weighted by molar-refractivity contribution is -0.136. The van der Waals surface area contributed by atoms with E-state index in [4.69, 9.17) is 0 Å². The number of likely N-dealkylation sites (tertiary alicyclic amines) is 4. The van der Waals surface area contributed by atoms with Crippen LogP contribution < -0.4 is 21.6 Å². The van der Waals surface area contributed by atoms with Crippen LogP contribution in [0, 0.1) is 46.5 Å². The third-order valence-electron chi connectivity index (χ3n) is 22.4. The van der Waals surface area contributed by atoms with E-state index in [1.54, 1.807) is 75.4 Å². The van der Waals surface area contributed by atoms with Crippen molar-refractivity contribution in [1.29, 1.82) is 0 Å². The second-order valence-corrected chi connectivity index (χ2v) is 29.6. The van der Waals surface area contributed by atoms with Gasteiger partial charge in [0.15, 0.2) is 0 Å². The number of anilines is 1. The molecule has 530 valence electrons. The molecule has 10 aromatic rings. The van der Waals surface area contributed by atoms with Crippen LogP contribution in [0.15, 0.2) is 166 Å². The van der Waals surface area contributed by atoms with Gasteiger partial charge in [0.1, 0.15) is 17.5 Å². The first-order valence-corrected chi connectivity index (χ1v) is 35.6. The monoisotopic (exact) mass is 1390 g/mol. The van der Waals surface area contributed by atoms with Crippen LogP contribution in [-0.4, -0.2) is 139 Å². The average Bonchev–Trinajstić information content (AvgIpc) is 1.74. The number of halogens is 3. The topological polar surface area (TPSA) is 222 Å². The summed E-state index contributed by atoms with van der Waals surface area (Å²) in [5.74, 6) is -1.81. The molecule has 3 aromatic heterocycles. The van der Waals surface area contributed by atoms with Crippen molar-refractivity contribution < 1.29 is 32.3 Å². The highest BCUT2D eigenvalue weighted by Gasteiger charge is 2.50. The van der Waals surface area contributed by atoms with Gasteiger partial charge in [-0.05, 0) is 142 Å². The number of nitrogens with zero attached hydrogens (tertiary/aromatic N) is 8. The minimum Gasteiger partial charge on any atom is -0.371 e. The minimum absolute atomic E-state index is 0. The number of aromatic nitrogens is 6. The van der Waals surface area contributed by atoms with Gasteiger partial charge in [0.25, 0.3) is 34.4 Å². The number of carbonyl (C=O) groups excluding carboxylic acids is 4. The van der Waals surface area contributed by atoms with E-state index in [1.165, 1.54) is 61.6 Å². The molecule has 0 unspecified atom stereocenters. The van der Waals surface area contributed by atoms with E-state index < -0.39 is 17.5 Å². The molecule has 7 aromatic carbocycles. The number of hydrogen-bond acceptors (Lipinski definition) is 11. The zero-order valence-corrected chi connectivity index (χ0v) is 57.1. The van der Waals surface area contributed by atoms with E-state index >= 15 is 0 Å². The van der Waals surface area contributed by atoms with E-state index in [0.29, 0.717) is 78.7 Å². The Labute approximate surface area is 594 Å². The van der Waals surface area contributed by atoms with Crippen molar-refractivity contribution in [2.24, 2.45) is 22.2 Å². The summed E-state index contributed by atoms with van der Waals surface area (Å²) >= 11 is 0. The standard InChI is InChI=1S/C30H29FN4O2.C27H27FN4O3.C24H24FN3O2.CH4/c1-20-6-9-22(10-7-20)34-14-12-30(13-15-34)18-35(19-30)29(37)25-16-21(8-11-26(25)31)17-27-23-4-2-3-5-24(23)28(36)33-32-27;28-22-8-5-17(14-23-19-3-1-2-4-20(19)24(33)30-29-23)13-21(22)26(35)32-15-27(16-32)9-11-31(12-10-27)25(34)18-6-7-18;25-20-9-8-16(13-21-17-6-2-3-7-18(17)22(29)27-26-21)12-19(20)23(30)28-14-24(15-28)10-4-1-5-11-24;/h2-11,16H,12-15,17-19H2,1H3,(H,33,36);1-5,8,13,18H,6-7,9-12,14-16H2,(H,30,33);2-3,6-9,12H,1,4-5,10-11,13-15H2,(H,27,29);1H4.